The topological polar surface area (TPSA) is 82.0 Å². The first-order chi connectivity index (χ1) is 11.6. The van der Waals surface area contributed by atoms with Crippen molar-refractivity contribution >= 4 is 5.91 Å². The van der Waals surface area contributed by atoms with Crippen LogP contribution in [0.25, 0.3) is 0 Å². The molecule has 124 valence electrons. The third-order valence-corrected chi connectivity index (χ3v) is 4.42. The number of aromatic amines is 1. The van der Waals surface area contributed by atoms with E-state index in [4.69, 9.17) is 10.00 Å². The Balaban J connectivity index is 1.71. The minimum atomic E-state index is -0.192. The van der Waals surface area contributed by atoms with E-state index in [1.807, 2.05) is 36.9 Å². The molecule has 1 aromatic heterocycles. The summed E-state index contributed by atoms with van der Waals surface area (Å²) in [4.78, 5) is 14.5. The number of carbonyl (C=O) groups excluding carboxylic acids is 1. The molecule has 1 atom stereocenters. The second-order valence-electron chi connectivity index (χ2n) is 6.03. The standard InChI is InChI=1S/C18H20N4O2/c1-12-16(13(2)21-20-12)9-18(23)22-6-7-24-17(11-22)15-5-3-4-14(8-15)10-19/h3-5,8,17H,6-7,9,11H2,1-2H3,(H,20,21). The van der Waals surface area contributed by atoms with Crippen LogP contribution in [0.4, 0.5) is 0 Å². The van der Waals surface area contributed by atoms with Crippen molar-refractivity contribution in [1.82, 2.24) is 15.1 Å². The number of aryl methyl sites for hydroxylation is 2. The van der Waals surface area contributed by atoms with Gasteiger partial charge >= 0.3 is 0 Å². The molecule has 2 aromatic rings. The summed E-state index contributed by atoms with van der Waals surface area (Å²) >= 11 is 0. The number of morpholine rings is 1. The van der Waals surface area contributed by atoms with Crippen LogP contribution >= 0.6 is 0 Å². The first kappa shape index (κ1) is 16.2. The van der Waals surface area contributed by atoms with Gasteiger partial charge in [0.15, 0.2) is 0 Å². The summed E-state index contributed by atoms with van der Waals surface area (Å²) in [7, 11) is 0. The number of H-pyrrole nitrogens is 1. The Labute approximate surface area is 141 Å². The van der Waals surface area contributed by atoms with Crippen LogP contribution in [0, 0.1) is 25.2 Å². The Morgan fingerprint density at radius 2 is 2.33 bits per heavy atom. The highest BCUT2D eigenvalue weighted by atomic mass is 16.5. The molecule has 1 aliphatic heterocycles. The number of nitrogens with one attached hydrogen (secondary N) is 1. The number of rotatable bonds is 3. The van der Waals surface area contributed by atoms with Gasteiger partial charge in [-0.3, -0.25) is 9.89 Å². The third-order valence-electron chi connectivity index (χ3n) is 4.42. The quantitative estimate of drug-likeness (QED) is 0.936. The molecular formula is C18H20N4O2. The van der Waals surface area contributed by atoms with Gasteiger partial charge in [0.2, 0.25) is 5.91 Å². The monoisotopic (exact) mass is 324 g/mol. The molecule has 3 rings (SSSR count). The summed E-state index contributed by atoms with van der Waals surface area (Å²) in [6.07, 6.45) is 0.154. The molecule has 1 aliphatic rings. The molecule has 0 radical (unpaired) electrons. The molecule has 1 amide bonds. The fourth-order valence-corrected chi connectivity index (χ4v) is 2.98. The van der Waals surface area contributed by atoms with Crippen molar-refractivity contribution in [3.63, 3.8) is 0 Å². The number of nitriles is 1. The molecule has 1 unspecified atom stereocenters. The number of carbonyl (C=O) groups is 1. The highest BCUT2D eigenvalue weighted by Crippen LogP contribution is 2.24. The lowest BCUT2D eigenvalue weighted by Crippen LogP contribution is -2.43. The van der Waals surface area contributed by atoms with E-state index < -0.39 is 0 Å². The molecule has 24 heavy (non-hydrogen) atoms. The summed E-state index contributed by atoms with van der Waals surface area (Å²) in [5.74, 6) is 0.0762. The predicted molar refractivity (Wildman–Crippen MR) is 88.2 cm³/mol. The van der Waals surface area contributed by atoms with Gasteiger partial charge in [-0.25, -0.2) is 0 Å². The largest absolute Gasteiger partial charge is 0.370 e. The van der Waals surface area contributed by atoms with Gasteiger partial charge in [-0.05, 0) is 31.5 Å². The Kier molecular flexibility index (Phi) is 4.63. The van der Waals surface area contributed by atoms with Crippen molar-refractivity contribution in [1.29, 1.82) is 5.26 Å². The number of benzene rings is 1. The molecule has 1 N–H and O–H groups in total. The lowest BCUT2D eigenvalue weighted by atomic mass is 10.0. The number of nitrogens with zero attached hydrogens (tertiary/aromatic N) is 3. The van der Waals surface area contributed by atoms with E-state index in [1.54, 1.807) is 6.07 Å². The fourth-order valence-electron chi connectivity index (χ4n) is 2.98. The summed E-state index contributed by atoms with van der Waals surface area (Å²) in [5, 5.41) is 16.1. The van der Waals surface area contributed by atoms with Gasteiger partial charge < -0.3 is 9.64 Å². The van der Waals surface area contributed by atoms with Gasteiger partial charge in [-0.15, -0.1) is 0 Å². The smallest absolute Gasteiger partial charge is 0.227 e. The van der Waals surface area contributed by atoms with Crippen molar-refractivity contribution in [2.24, 2.45) is 0 Å². The van der Waals surface area contributed by atoms with Gasteiger partial charge in [0.05, 0.1) is 36.9 Å². The minimum Gasteiger partial charge on any atom is -0.370 e. The Bertz CT molecular complexity index is 771. The molecule has 1 fully saturated rings. The maximum atomic E-state index is 12.6. The fraction of sp³-hybridized carbons (Fsp3) is 0.389. The number of amides is 1. The van der Waals surface area contributed by atoms with Gasteiger partial charge in [0.1, 0.15) is 6.10 Å². The molecule has 0 bridgehead atoms. The number of ether oxygens (including phenoxy) is 1. The average Bonchev–Trinajstić information content (AvgIpc) is 2.94. The normalized spacial score (nSPS) is 17.5. The van der Waals surface area contributed by atoms with Gasteiger partial charge in [-0.1, -0.05) is 12.1 Å². The van der Waals surface area contributed by atoms with Crippen LogP contribution in [0.1, 0.15) is 34.2 Å². The number of aromatic nitrogens is 2. The second kappa shape index (κ2) is 6.85. The van der Waals surface area contributed by atoms with E-state index in [9.17, 15) is 4.79 Å². The van der Waals surface area contributed by atoms with Gasteiger partial charge in [0.25, 0.3) is 0 Å². The Morgan fingerprint density at radius 3 is 3.04 bits per heavy atom. The third kappa shape index (κ3) is 3.31. The van der Waals surface area contributed by atoms with Crippen molar-refractivity contribution in [3.8, 4) is 6.07 Å². The highest BCUT2D eigenvalue weighted by Gasteiger charge is 2.26. The van der Waals surface area contributed by atoms with Crippen molar-refractivity contribution in [2.75, 3.05) is 19.7 Å². The zero-order chi connectivity index (χ0) is 17.1. The second-order valence-corrected chi connectivity index (χ2v) is 6.03. The zero-order valence-corrected chi connectivity index (χ0v) is 13.9. The van der Waals surface area contributed by atoms with E-state index in [0.29, 0.717) is 31.7 Å². The summed E-state index contributed by atoms with van der Waals surface area (Å²) in [5.41, 5.74) is 4.31. The van der Waals surface area contributed by atoms with Crippen LogP contribution in [-0.2, 0) is 16.0 Å². The lowest BCUT2D eigenvalue weighted by Gasteiger charge is -2.33. The summed E-state index contributed by atoms with van der Waals surface area (Å²) in [6.45, 7) is 5.42. The highest BCUT2D eigenvalue weighted by molar-refractivity contribution is 5.79. The lowest BCUT2D eigenvalue weighted by molar-refractivity contribution is -0.138. The maximum absolute atomic E-state index is 12.6. The SMILES string of the molecule is Cc1n[nH]c(C)c1CC(=O)N1CCOC(c2cccc(C#N)c2)C1. The summed E-state index contributed by atoms with van der Waals surface area (Å²) in [6, 6.07) is 9.50. The van der Waals surface area contributed by atoms with E-state index in [0.717, 1.165) is 22.5 Å². The van der Waals surface area contributed by atoms with Crippen LogP contribution in [0.5, 0.6) is 0 Å². The van der Waals surface area contributed by atoms with Gasteiger partial charge in [-0.2, -0.15) is 10.4 Å². The molecule has 2 heterocycles. The molecule has 6 heteroatoms. The zero-order valence-electron chi connectivity index (χ0n) is 13.9. The van der Waals surface area contributed by atoms with E-state index >= 15 is 0 Å². The van der Waals surface area contributed by atoms with Crippen LogP contribution < -0.4 is 0 Å². The first-order valence-corrected chi connectivity index (χ1v) is 7.98. The van der Waals surface area contributed by atoms with E-state index in [1.165, 1.54) is 0 Å². The van der Waals surface area contributed by atoms with E-state index in [-0.39, 0.29) is 12.0 Å². The summed E-state index contributed by atoms with van der Waals surface area (Å²) < 4.78 is 5.80. The Morgan fingerprint density at radius 1 is 1.50 bits per heavy atom. The number of hydrogen-bond donors (Lipinski definition) is 1. The van der Waals surface area contributed by atoms with Crippen molar-refractivity contribution in [2.45, 2.75) is 26.4 Å². The van der Waals surface area contributed by atoms with E-state index in [2.05, 4.69) is 16.3 Å². The molecular weight excluding hydrogens is 304 g/mol. The molecule has 1 saturated heterocycles. The predicted octanol–water partition coefficient (Wildman–Crippen LogP) is 2.04. The van der Waals surface area contributed by atoms with Crippen LogP contribution in [0.3, 0.4) is 0 Å². The molecule has 1 aromatic carbocycles. The number of hydrogen-bond acceptors (Lipinski definition) is 4. The van der Waals surface area contributed by atoms with Crippen molar-refractivity contribution in [3.05, 3.63) is 52.3 Å². The van der Waals surface area contributed by atoms with Crippen LogP contribution in [0.15, 0.2) is 24.3 Å². The maximum Gasteiger partial charge on any atom is 0.227 e. The Hall–Kier alpha value is -2.65. The van der Waals surface area contributed by atoms with Crippen molar-refractivity contribution < 1.29 is 9.53 Å². The van der Waals surface area contributed by atoms with Crippen LogP contribution in [0.2, 0.25) is 0 Å². The molecule has 0 saturated carbocycles. The van der Waals surface area contributed by atoms with Gasteiger partial charge in [0, 0.05) is 17.8 Å². The van der Waals surface area contributed by atoms with Crippen LogP contribution in [-0.4, -0.2) is 40.7 Å². The molecule has 6 nitrogen and oxygen atoms in total. The minimum absolute atomic E-state index is 0.0762. The average molecular weight is 324 g/mol. The first-order valence-electron chi connectivity index (χ1n) is 7.98. The molecule has 0 aliphatic carbocycles. The molecule has 0 spiro atoms.